The fourth-order valence-electron chi connectivity index (χ4n) is 6.39. The number of phenolic OH excluding ortho intramolecular Hbond substituents is 1. The van der Waals surface area contributed by atoms with Crippen LogP contribution in [0.1, 0.15) is 35.6 Å². The maximum Gasteiger partial charge on any atom is 0.255 e. The molecule has 0 heterocycles. The van der Waals surface area contributed by atoms with E-state index in [-0.39, 0.29) is 29.7 Å². The van der Waals surface area contributed by atoms with Crippen molar-refractivity contribution in [2.24, 2.45) is 17.1 Å². The molecule has 1 fully saturated rings. The molecule has 0 aliphatic heterocycles. The largest absolute Gasteiger partial charge is 0.508 e. The standard InChI is InChI=1S/C30H28N2O7/c1-29-13-17-16(10-9-15-7-5-4-6-8-15)11-12-19(33)20(17)24(34)22(29)27(37)30(39)18(14-29)23(32(2)3)25(35)21(26(30)36)28(31)38/h4-8,11-12,18,23,33-34,36,39H,13-14H2,1-3H3,(H2,31,38)/t18-,23-,29-,30+/m1/s1. The zero-order chi connectivity index (χ0) is 28.4. The maximum absolute atomic E-state index is 14.0. The van der Waals surface area contributed by atoms with Crippen LogP contribution in [0.25, 0.3) is 5.76 Å². The highest BCUT2D eigenvalue weighted by Crippen LogP contribution is 2.58. The second-order valence-corrected chi connectivity index (χ2v) is 10.8. The molecule has 0 unspecified atom stereocenters. The van der Waals surface area contributed by atoms with E-state index in [2.05, 4.69) is 11.8 Å². The van der Waals surface area contributed by atoms with Crippen LogP contribution in [0.3, 0.4) is 0 Å². The molecule has 0 aromatic heterocycles. The number of fused-ring (bicyclic) bond motifs is 3. The van der Waals surface area contributed by atoms with Crippen molar-refractivity contribution in [3.63, 3.8) is 0 Å². The minimum Gasteiger partial charge on any atom is -0.508 e. The summed E-state index contributed by atoms with van der Waals surface area (Å²) in [5.41, 5.74) is 2.34. The smallest absolute Gasteiger partial charge is 0.255 e. The molecular formula is C30H28N2O7. The summed E-state index contributed by atoms with van der Waals surface area (Å²) in [6, 6.07) is 11.1. The van der Waals surface area contributed by atoms with E-state index in [9.17, 15) is 34.8 Å². The number of nitrogens with zero attached hydrogens (tertiary/aromatic N) is 1. The van der Waals surface area contributed by atoms with Crippen LogP contribution in [0.2, 0.25) is 0 Å². The van der Waals surface area contributed by atoms with E-state index in [0.717, 1.165) is 5.56 Å². The van der Waals surface area contributed by atoms with Crippen molar-refractivity contribution in [3.05, 3.63) is 81.6 Å². The minimum atomic E-state index is -2.69. The Labute approximate surface area is 224 Å². The van der Waals surface area contributed by atoms with E-state index in [1.165, 1.54) is 11.0 Å². The van der Waals surface area contributed by atoms with Gasteiger partial charge in [0.15, 0.2) is 11.4 Å². The summed E-state index contributed by atoms with van der Waals surface area (Å²) in [7, 11) is 3.12. The van der Waals surface area contributed by atoms with Gasteiger partial charge in [-0.25, -0.2) is 0 Å². The van der Waals surface area contributed by atoms with E-state index >= 15 is 0 Å². The summed E-state index contributed by atoms with van der Waals surface area (Å²) < 4.78 is 0. The van der Waals surface area contributed by atoms with Crippen LogP contribution in [0.15, 0.2) is 59.4 Å². The van der Waals surface area contributed by atoms with Crippen LogP contribution in [0, 0.1) is 23.2 Å². The summed E-state index contributed by atoms with van der Waals surface area (Å²) in [6.45, 7) is 1.72. The molecule has 1 saturated carbocycles. The van der Waals surface area contributed by atoms with Crippen LogP contribution < -0.4 is 5.73 Å². The molecule has 2 aromatic carbocycles. The average molecular weight is 529 g/mol. The number of aromatic hydroxyl groups is 1. The molecular weight excluding hydrogens is 500 g/mol. The number of hydrogen-bond acceptors (Lipinski definition) is 8. The number of phenols is 1. The van der Waals surface area contributed by atoms with Crippen molar-refractivity contribution in [1.82, 2.24) is 4.90 Å². The molecule has 0 radical (unpaired) electrons. The van der Waals surface area contributed by atoms with Gasteiger partial charge in [0.05, 0.1) is 11.6 Å². The third kappa shape index (κ3) is 3.67. The van der Waals surface area contributed by atoms with Crippen molar-refractivity contribution in [3.8, 4) is 17.6 Å². The number of amides is 1. The molecule has 9 heteroatoms. The Morgan fingerprint density at radius 3 is 2.33 bits per heavy atom. The average Bonchev–Trinajstić information content (AvgIpc) is 2.86. The first-order valence-electron chi connectivity index (χ1n) is 12.4. The summed E-state index contributed by atoms with van der Waals surface area (Å²) >= 11 is 0. The van der Waals surface area contributed by atoms with E-state index in [0.29, 0.717) is 11.1 Å². The highest BCUT2D eigenvalue weighted by atomic mass is 16.3. The number of primary amides is 1. The predicted molar refractivity (Wildman–Crippen MR) is 141 cm³/mol. The summed E-state index contributed by atoms with van der Waals surface area (Å²) in [6.07, 6.45) is 0.134. The lowest BCUT2D eigenvalue weighted by Crippen LogP contribution is -2.67. The molecule has 5 rings (SSSR count). The monoisotopic (exact) mass is 528 g/mol. The molecule has 2 aromatic rings. The van der Waals surface area contributed by atoms with Gasteiger partial charge in [0.1, 0.15) is 22.8 Å². The first kappa shape index (κ1) is 26.2. The molecule has 1 amide bonds. The lowest BCUT2D eigenvalue weighted by Gasteiger charge is -2.53. The molecule has 0 spiro atoms. The zero-order valence-corrected chi connectivity index (χ0v) is 21.6. The summed E-state index contributed by atoms with van der Waals surface area (Å²) in [5, 5.41) is 44.9. The van der Waals surface area contributed by atoms with Crippen LogP contribution >= 0.6 is 0 Å². The molecule has 9 nitrogen and oxygen atoms in total. The zero-order valence-electron chi connectivity index (χ0n) is 21.6. The quantitative estimate of drug-likeness (QED) is 0.291. The fraction of sp³-hybridized carbons (Fsp3) is 0.300. The Morgan fingerprint density at radius 1 is 1.05 bits per heavy atom. The number of benzene rings is 2. The second kappa shape index (κ2) is 8.83. The van der Waals surface area contributed by atoms with Crippen LogP contribution in [0.5, 0.6) is 5.75 Å². The van der Waals surface area contributed by atoms with E-state index in [1.54, 1.807) is 27.1 Å². The van der Waals surface area contributed by atoms with Crippen LogP contribution in [-0.2, 0) is 20.8 Å². The molecule has 0 bridgehead atoms. The third-order valence-electron chi connectivity index (χ3n) is 8.13. The van der Waals surface area contributed by atoms with Crippen LogP contribution in [0.4, 0.5) is 0 Å². The summed E-state index contributed by atoms with van der Waals surface area (Å²) in [4.78, 5) is 40.9. The van der Waals surface area contributed by atoms with Gasteiger partial charge in [0.25, 0.3) is 5.91 Å². The van der Waals surface area contributed by atoms with Gasteiger partial charge in [-0.15, -0.1) is 0 Å². The first-order valence-corrected chi connectivity index (χ1v) is 12.4. The first-order chi connectivity index (χ1) is 18.3. The SMILES string of the molecule is CN(C)[C@H]1C(=O)C(C(N)=O)=C(O)[C@]2(O)C(=O)C3=C(O)c4c(O)ccc(C#Cc5ccccc5)c4C[C@]3(C)C[C@H]12. The van der Waals surface area contributed by atoms with Crippen molar-refractivity contribution in [1.29, 1.82) is 0 Å². The Bertz CT molecular complexity index is 1580. The normalized spacial score (nSPS) is 27.9. The van der Waals surface area contributed by atoms with Crippen molar-refractivity contribution < 1.29 is 34.8 Å². The molecule has 3 aliphatic rings. The summed E-state index contributed by atoms with van der Waals surface area (Å²) in [5.74, 6) is -0.0759. The Kier molecular flexibility index (Phi) is 5.94. The lowest BCUT2D eigenvalue weighted by molar-refractivity contribution is -0.156. The number of likely N-dealkylation sites (N-methyl/N-ethyl adjacent to an activating group) is 1. The predicted octanol–water partition coefficient (Wildman–Crippen LogP) is 1.75. The van der Waals surface area contributed by atoms with Gasteiger partial charge < -0.3 is 26.2 Å². The fourth-order valence-corrected chi connectivity index (χ4v) is 6.39. The number of Topliss-reactive ketones (excluding diaryl/α,β-unsaturated/α-hetero) is 2. The van der Waals surface area contributed by atoms with Gasteiger partial charge in [0, 0.05) is 28.0 Å². The van der Waals surface area contributed by atoms with Gasteiger partial charge in [-0.1, -0.05) is 37.0 Å². The number of carbonyl (C=O) groups excluding carboxylic acids is 3. The molecule has 6 N–H and O–H groups in total. The van der Waals surface area contributed by atoms with Gasteiger partial charge in [0.2, 0.25) is 5.78 Å². The van der Waals surface area contributed by atoms with Crippen molar-refractivity contribution in [2.75, 3.05) is 14.1 Å². The highest BCUT2D eigenvalue weighted by Gasteiger charge is 2.66. The van der Waals surface area contributed by atoms with Crippen molar-refractivity contribution >= 4 is 23.2 Å². The van der Waals surface area contributed by atoms with Gasteiger partial charge >= 0.3 is 0 Å². The second-order valence-electron chi connectivity index (χ2n) is 10.8. The number of carbonyl (C=O) groups is 3. The number of ketones is 2. The number of aliphatic hydroxyl groups is 3. The van der Waals surface area contributed by atoms with E-state index < -0.39 is 57.5 Å². The van der Waals surface area contributed by atoms with E-state index in [4.69, 9.17) is 5.73 Å². The van der Waals surface area contributed by atoms with Gasteiger partial charge in [-0.3, -0.25) is 19.3 Å². The Balaban J connectivity index is 1.74. The number of aliphatic hydroxyl groups excluding tert-OH is 2. The maximum atomic E-state index is 14.0. The third-order valence-corrected chi connectivity index (χ3v) is 8.13. The topological polar surface area (TPSA) is 161 Å². The van der Waals surface area contributed by atoms with Gasteiger partial charge in [-0.2, -0.15) is 0 Å². The molecule has 0 saturated heterocycles. The number of rotatable bonds is 2. The van der Waals surface area contributed by atoms with Crippen molar-refractivity contribution in [2.45, 2.75) is 31.4 Å². The van der Waals surface area contributed by atoms with E-state index in [1.807, 2.05) is 30.3 Å². The molecule has 4 atom stereocenters. The molecule has 39 heavy (non-hydrogen) atoms. The van der Waals surface area contributed by atoms with Gasteiger partial charge in [-0.05, 0) is 56.8 Å². The number of hydrogen-bond donors (Lipinski definition) is 5. The molecule has 3 aliphatic carbocycles. The minimum absolute atomic E-state index is 0.00683. The highest BCUT2D eigenvalue weighted by molar-refractivity contribution is 6.24. The molecule has 200 valence electrons. The lowest BCUT2D eigenvalue weighted by atomic mass is 9.52. The van der Waals surface area contributed by atoms with Crippen LogP contribution in [-0.4, -0.2) is 68.5 Å². The Morgan fingerprint density at radius 2 is 1.72 bits per heavy atom. The number of nitrogens with two attached hydrogens (primary N) is 1. The Hall–Kier alpha value is -4.39.